The van der Waals surface area contributed by atoms with Crippen LogP contribution in [-0.2, 0) is 23.9 Å². The van der Waals surface area contributed by atoms with E-state index in [0.717, 1.165) is 0 Å². The van der Waals surface area contributed by atoms with Gasteiger partial charge in [-0.2, -0.15) is 0 Å². The van der Waals surface area contributed by atoms with Crippen LogP contribution in [0.2, 0.25) is 0 Å². The van der Waals surface area contributed by atoms with E-state index in [0.29, 0.717) is 58.8 Å². The molecule has 1 heterocycles. The van der Waals surface area contributed by atoms with E-state index in [1.165, 1.54) is 0 Å². The van der Waals surface area contributed by atoms with Gasteiger partial charge in [0.2, 0.25) is 0 Å². The highest BCUT2D eigenvalue weighted by atomic mass is 16.5. The van der Waals surface area contributed by atoms with E-state index in [1.807, 2.05) is 30.6 Å². The maximum atomic E-state index is 12.6. The van der Waals surface area contributed by atoms with Gasteiger partial charge in [-0.25, -0.2) is 0 Å². The van der Waals surface area contributed by atoms with Crippen LogP contribution in [0.3, 0.4) is 0 Å². The quantitative estimate of drug-likeness (QED) is 0.430. The van der Waals surface area contributed by atoms with E-state index in [2.05, 4.69) is 0 Å². The van der Waals surface area contributed by atoms with Crippen molar-refractivity contribution in [3.05, 3.63) is 0 Å². The molecule has 11 nitrogen and oxygen atoms in total. The van der Waals surface area contributed by atoms with Crippen molar-refractivity contribution in [1.82, 2.24) is 19.6 Å². The number of ether oxygens (including phenoxy) is 1. The number of carbonyl (C=O) groups is 4. The lowest BCUT2D eigenvalue weighted by Crippen LogP contribution is -2.49. The van der Waals surface area contributed by atoms with E-state index in [4.69, 9.17) is 4.74 Å². The summed E-state index contributed by atoms with van der Waals surface area (Å²) >= 11 is 0. The van der Waals surface area contributed by atoms with Crippen LogP contribution in [0.15, 0.2) is 0 Å². The molecule has 0 aliphatic carbocycles. The number of ketones is 1. The Morgan fingerprint density at radius 3 is 1.42 bits per heavy atom. The third kappa shape index (κ3) is 11.8. The van der Waals surface area contributed by atoms with Crippen LogP contribution in [-0.4, -0.2) is 133 Å². The minimum absolute atomic E-state index is 0.0800. The molecule has 1 saturated heterocycles. The average Bonchev–Trinajstić information content (AvgIpc) is 2.65. The molecule has 1 aliphatic heterocycles. The Balaban J connectivity index is 2.96. The van der Waals surface area contributed by atoms with E-state index in [-0.39, 0.29) is 32.1 Å². The lowest BCUT2D eigenvalue weighted by atomic mass is 9.90. The van der Waals surface area contributed by atoms with Gasteiger partial charge in [0.05, 0.1) is 19.6 Å². The number of nitrogens with zero attached hydrogens (tertiary/aromatic N) is 4. The van der Waals surface area contributed by atoms with Gasteiger partial charge in [-0.05, 0) is 0 Å². The van der Waals surface area contributed by atoms with Crippen LogP contribution in [0.25, 0.3) is 0 Å². The molecular formula is C20H36N4O7. The third-order valence-electron chi connectivity index (χ3n) is 5.18. The molecule has 0 bridgehead atoms. The summed E-state index contributed by atoms with van der Waals surface area (Å²) in [5.74, 6) is -1.82. The topological polar surface area (TPSA) is 131 Å². The van der Waals surface area contributed by atoms with Crippen LogP contribution >= 0.6 is 0 Å². The largest absolute Gasteiger partial charge is 0.480 e. The predicted molar refractivity (Wildman–Crippen MR) is 113 cm³/mol. The number of aliphatic carboxylic acids is 2. The summed E-state index contributed by atoms with van der Waals surface area (Å²) < 4.78 is 4.90. The minimum Gasteiger partial charge on any atom is -0.480 e. The number of carboxylic acid groups (broad SMARTS) is 2. The molecule has 1 aliphatic rings. The number of carbonyl (C=O) groups excluding carboxylic acids is 2. The first kappa shape index (κ1) is 27.0. The fourth-order valence-electron chi connectivity index (χ4n) is 3.14. The second-order valence-corrected chi connectivity index (χ2v) is 8.80. The Morgan fingerprint density at radius 1 is 0.742 bits per heavy atom. The van der Waals surface area contributed by atoms with Crippen molar-refractivity contribution in [1.29, 1.82) is 0 Å². The average molecular weight is 445 g/mol. The molecule has 0 aromatic heterocycles. The summed E-state index contributed by atoms with van der Waals surface area (Å²) in [6, 6.07) is 0. The molecule has 11 heteroatoms. The van der Waals surface area contributed by atoms with Gasteiger partial charge < -0.3 is 14.9 Å². The summed E-state index contributed by atoms with van der Waals surface area (Å²) in [6.45, 7) is 9.66. The van der Waals surface area contributed by atoms with Crippen LogP contribution in [0.5, 0.6) is 0 Å². The molecule has 0 saturated carbocycles. The molecule has 1 fully saturated rings. The second-order valence-electron chi connectivity index (χ2n) is 8.80. The summed E-state index contributed by atoms with van der Waals surface area (Å²) in [5.41, 5.74) is -0.484. The first-order valence-electron chi connectivity index (χ1n) is 10.4. The van der Waals surface area contributed by atoms with Crippen LogP contribution in [0.4, 0.5) is 0 Å². The Bertz CT molecular complexity index is 609. The lowest BCUT2D eigenvalue weighted by molar-refractivity contribution is -0.140. The molecule has 0 spiro atoms. The molecule has 2 N–H and O–H groups in total. The maximum Gasteiger partial charge on any atom is 0.317 e. The Morgan fingerprint density at radius 2 is 1.10 bits per heavy atom. The summed E-state index contributed by atoms with van der Waals surface area (Å²) in [4.78, 5) is 53.1. The predicted octanol–water partition coefficient (Wildman–Crippen LogP) is -0.877. The molecule has 0 aromatic carbocycles. The smallest absolute Gasteiger partial charge is 0.317 e. The number of Topliss-reactive ketones (excluding diaryl/α,β-unsaturated/α-hetero) is 1. The van der Waals surface area contributed by atoms with Gasteiger partial charge in [0.1, 0.15) is 6.73 Å². The fourth-order valence-corrected chi connectivity index (χ4v) is 3.14. The normalized spacial score (nSPS) is 19.2. The monoisotopic (exact) mass is 444 g/mol. The molecule has 0 atom stereocenters. The van der Waals surface area contributed by atoms with Crippen molar-refractivity contribution in [2.45, 2.75) is 20.8 Å². The Kier molecular flexibility index (Phi) is 11.6. The Labute approximate surface area is 183 Å². The van der Waals surface area contributed by atoms with E-state index in [9.17, 15) is 29.4 Å². The third-order valence-corrected chi connectivity index (χ3v) is 5.18. The van der Waals surface area contributed by atoms with Gasteiger partial charge in [0, 0.05) is 57.8 Å². The first-order valence-corrected chi connectivity index (χ1v) is 10.4. The van der Waals surface area contributed by atoms with Crippen molar-refractivity contribution >= 4 is 24.2 Å². The van der Waals surface area contributed by atoms with Gasteiger partial charge in [0.25, 0.3) is 6.47 Å². The molecule has 1 rings (SSSR count). The highest BCUT2D eigenvalue weighted by Gasteiger charge is 2.25. The lowest BCUT2D eigenvalue weighted by Gasteiger charge is -2.33. The number of hydrogen-bond donors (Lipinski definition) is 2. The second kappa shape index (κ2) is 13.4. The van der Waals surface area contributed by atoms with E-state index in [1.54, 1.807) is 9.80 Å². The number of carboxylic acids is 2. The molecule has 0 aromatic rings. The van der Waals surface area contributed by atoms with Gasteiger partial charge >= 0.3 is 11.9 Å². The van der Waals surface area contributed by atoms with Crippen molar-refractivity contribution in [2.75, 3.05) is 78.7 Å². The van der Waals surface area contributed by atoms with Gasteiger partial charge in [-0.15, -0.1) is 0 Å². The highest BCUT2D eigenvalue weighted by Crippen LogP contribution is 2.15. The van der Waals surface area contributed by atoms with Gasteiger partial charge in [0.15, 0.2) is 5.78 Å². The van der Waals surface area contributed by atoms with E-state index < -0.39 is 17.4 Å². The van der Waals surface area contributed by atoms with Gasteiger partial charge in [-0.3, -0.25) is 38.8 Å². The van der Waals surface area contributed by atoms with E-state index >= 15 is 0 Å². The first-order chi connectivity index (χ1) is 14.5. The summed E-state index contributed by atoms with van der Waals surface area (Å²) in [6.07, 6.45) is 0. The van der Waals surface area contributed by atoms with Crippen molar-refractivity contribution < 1.29 is 34.1 Å². The summed E-state index contributed by atoms with van der Waals surface area (Å²) in [7, 11) is 0. The number of hydrogen-bond acceptors (Lipinski definition) is 9. The molecule has 0 unspecified atom stereocenters. The SMILES string of the molecule is CC(C)(C)C(=O)CN1CCN(COC=O)CCN(CC(=O)O)CCN(CC(=O)O)CC1. The van der Waals surface area contributed by atoms with Crippen molar-refractivity contribution in [3.63, 3.8) is 0 Å². The molecule has 0 amide bonds. The highest BCUT2D eigenvalue weighted by molar-refractivity contribution is 5.85. The number of rotatable bonds is 9. The maximum absolute atomic E-state index is 12.6. The standard InChI is InChI=1S/C20H36N4O7/c1-20(2,3)17(26)12-21-4-5-22(13-18(27)28)6-7-23(14-19(29)30)9-11-24(10-8-21)15-31-16-25/h16H,4-15H2,1-3H3,(H,27,28)(H,29,30). The minimum atomic E-state index is -0.959. The zero-order valence-electron chi connectivity index (χ0n) is 18.8. The molecule has 178 valence electrons. The fraction of sp³-hybridized carbons (Fsp3) is 0.800. The molecule has 0 radical (unpaired) electrons. The van der Waals surface area contributed by atoms with Crippen molar-refractivity contribution in [3.8, 4) is 0 Å². The van der Waals surface area contributed by atoms with Crippen molar-refractivity contribution in [2.24, 2.45) is 5.41 Å². The zero-order chi connectivity index (χ0) is 23.4. The van der Waals surface area contributed by atoms with Crippen LogP contribution in [0, 0.1) is 5.41 Å². The molecule has 31 heavy (non-hydrogen) atoms. The zero-order valence-corrected chi connectivity index (χ0v) is 18.8. The summed E-state index contributed by atoms with van der Waals surface area (Å²) in [5, 5.41) is 18.4. The Hall–Kier alpha value is -2.08. The van der Waals surface area contributed by atoms with Crippen LogP contribution < -0.4 is 0 Å². The van der Waals surface area contributed by atoms with Gasteiger partial charge in [-0.1, -0.05) is 20.8 Å². The molecular weight excluding hydrogens is 408 g/mol. The van der Waals surface area contributed by atoms with Crippen LogP contribution in [0.1, 0.15) is 20.8 Å².